The van der Waals surface area contributed by atoms with Crippen LogP contribution in [-0.4, -0.2) is 11.7 Å². The number of hydrogen-bond donors (Lipinski definition) is 1. The van der Waals surface area contributed by atoms with E-state index in [1.165, 1.54) is 6.07 Å². The second-order valence-corrected chi connectivity index (χ2v) is 5.77. The zero-order valence-electron chi connectivity index (χ0n) is 10.0. The first-order valence-electron chi connectivity index (χ1n) is 5.19. The number of carbonyl (C=O) groups excluding carboxylic acids is 1. The lowest BCUT2D eigenvalue weighted by molar-refractivity contribution is 0.0523. The summed E-state index contributed by atoms with van der Waals surface area (Å²) in [7, 11) is 0. The van der Waals surface area contributed by atoms with Gasteiger partial charge in [-0.1, -0.05) is 6.07 Å². The summed E-state index contributed by atoms with van der Waals surface area (Å²) in [5.41, 5.74) is 0.322. The van der Waals surface area contributed by atoms with Crippen molar-refractivity contribution in [1.29, 1.82) is 0 Å². The molecule has 17 heavy (non-hydrogen) atoms. The number of rotatable bonds is 2. The third kappa shape index (κ3) is 5.34. The minimum Gasteiger partial charge on any atom is -0.444 e. The maximum Gasteiger partial charge on any atom is 0.407 e. The average molecular weight is 351 g/mol. The molecule has 0 aliphatic carbocycles. The molecule has 0 saturated carbocycles. The number of benzene rings is 1. The summed E-state index contributed by atoms with van der Waals surface area (Å²) >= 11 is 1.91. The largest absolute Gasteiger partial charge is 0.444 e. The number of carbonyl (C=O) groups is 1. The van der Waals surface area contributed by atoms with Gasteiger partial charge in [-0.05, 0) is 61.1 Å². The molecule has 1 rings (SSSR count). The van der Waals surface area contributed by atoms with E-state index in [9.17, 15) is 9.18 Å². The van der Waals surface area contributed by atoms with E-state index in [1.807, 2.05) is 22.6 Å². The van der Waals surface area contributed by atoms with E-state index in [2.05, 4.69) is 5.32 Å². The lowest BCUT2D eigenvalue weighted by atomic mass is 10.2. The molecule has 3 nitrogen and oxygen atoms in total. The van der Waals surface area contributed by atoms with Crippen molar-refractivity contribution in [3.05, 3.63) is 33.1 Å². The van der Waals surface area contributed by atoms with E-state index >= 15 is 0 Å². The smallest absolute Gasteiger partial charge is 0.407 e. The van der Waals surface area contributed by atoms with Gasteiger partial charge in [-0.25, -0.2) is 9.18 Å². The third-order valence-electron chi connectivity index (χ3n) is 1.82. The zero-order valence-corrected chi connectivity index (χ0v) is 12.2. The van der Waals surface area contributed by atoms with Crippen molar-refractivity contribution in [2.45, 2.75) is 32.9 Å². The first-order valence-corrected chi connectivity index (χ1v) is 6.26. The molecule has 0 fully saturated rings. The molecule has 1 N–H and O–H groups in total. The predicted octanol–water partition coefficient (Wildman–Crippen LogP) is 3.46. The van der Waals surface area contributed by atoms with E-state index in [0.29, 0.717) is 10.1 Å². The predicted molar refractivity (Wildman–Crippen MR) is 72.2 cm³/mol. The highest BCUT2D eigenvalue weighted by atomic mass is 127. The van der Waals surface area contributed by atoms with Crippen molar-refractivity contribution in [1.82, 2.24) is 5.32 Å². The van der Waals surface area contributed by atoms with Gasteiger partial charge in [-0.2, -0.15) is 0 Å². The number of amides is 1. The monoisotopic (exact) mass is 351 g/mol. The first kappa shape index (κ1) is 14.2. The Labute approximate surface area is 114 Å². The molecule has 1 aromatic rings. The van der Waals surface area contributed by atoms with Crippen LogP contribution in [0.5, 0.6) is 0 Å². The fraction of sp³-hybridized carbons (Fsp3) is 0.417. The van der Waals surface area contributed by atoms with Crippen LogP contribution in [0, 0.1) is 9.39 Å². The number of hydrogen-bond acceptors (Lipinski definition) is 2. The number of alkyl carbamates (subject to hydrolysis) is 1. The van der Waals surface area contributed by atoms with E-state index < -0.39 is 11.7 Å². The maximum atomic E-state index is 13.0. The highest BCUT2D eigenvalue weighted by Gasteiger charge is 2.15. The Morgan fingerprint density at radius 2 is 2.12 bits per heavy atom. The van der Waals surface area contributed by atoms with Crippen molar-refractivity contribution in [3.63, 3.8) is 0 Å². The van der Waals surface area contributed by atoms with Gasteiger partial charge in [0.25, 0.3) is 0 Å². The highest BCUT2D eigenvalue weighted by Crippen LogP contribution is 2.13. The molecule has 0 bridgehead atoms. The van der Waals surface area contributed by atoms with E-state index in [4.69, 9.17) is 4.74 Å². The molecule has 0 unspecified atom stereocenters. The number of ether oxygens (including phenoxy) is 1. The van der Waals surface area contributed by atoms with Gasteiger partial charge in [0.05, 0.1) is 0 Å². The third-order valence-corrected chi connectivity index (χ3v) is 2.65. The molecular formula is C12H15FINO2. The zero-order chi connectivity index (χ0) is 13.1. The highest BCUT2D eigenvalue weighted by molar-refractivity contribution is 14.1. The van der Waals surface area contributed by atoms with Gasteiger partial charge >= 0.3 is 6.09 Å². The molecule has 1 aromatic carbocycles. The molecule has 5 heteroatoms. The molecule has 0 saturated heterocycles. The topological polar surface area (TPSA) is 38.3 Å². The van der Waals surface area contributed by atoms with E-state index in [1.54, 1.807) is 32.9 Å². The standard InChI is InChI=1S/C12H15FINO2/c1-12(2,3)17-11(16)15-7-8-4-5-9(13)10(14)6-8/h4-6H,7H2,1-3H3,(H,15,16). The van der Waals surface area contributed by atoms with Crippen LogP contribution in [0.25, 0.3) is 0 Å². The molecule has 0 radical (unpaired) electrons. The fourth-order valence-electron chi connectivity index (χ4n) is 1.14. The van der Waals surface area contributed by atoms with Crippen LogP contribution < -0.4 is 5.32 Å². The number of nitrogens with one attached hydrogen (secondary N) is 1. The molecule has 0 spiro atoms. The van der Waals surface area contributed by atoms with Gasteiger partial charge < -0.3 is 10.1 Å². The molecule has 1 amide bonds. The molecule has 0 aliphatic heterocycles. The van der Waals surface area contributed by atoms with E-state index in [0.717, 1.165) is 5.56 Å². The minimum atomic E-state index is -0.513. The number of halogens is 2. The summed E-state index contributed by atoms with van der Waals surface area (Å²) < 4.78 is 18.6. The Balaban J connectivity index is 2.50. The summed E-state index contributed by atoms with van der Waals surface area (Å²) in [4.78, 5) is 11.4. The van der Waals surface area contributed by atoms with Gasteiger partial charge in [0.1, 0.15) is 11.4 Å². The van der Waals surface area contributed by atoms with Crippen molar-refractivity contribution in [3.8, 4) is 0 Å². The SMILES string of the molecule is CC(C)(C)OC(=O)NCc1ccc(F)c(I)c1. The molecule has 0 heterocycles. The van der Waals surface area contributed by atoms with Gasteiger partial charge in [-0.15, -0.1) is 0 Å². The molecular weight excluding hydrogens is 336 g/mol. The van der Waals surface area contributed by atoms with Crippen LogP contribution in [0.2, 0.25) is 0 Å². The maximum absolute atomic E-state index is 13.0. The Hall–Kier alpha value is -0.850. The van der Waals surface area contributed by atoms with Crippen LogP contribution in [0.15, 0.2) is 18.2 Å². The second kappa shape index (κ2) is 5.66. The molecule has 94 valence electrons. The van der Waals surface area contributed by atoms with Gasteiger partial charge in [0, 0.05) is 10.1 Å². The van der Waals surface area contributed by atoms with Crippen LogP contribution in [0.4, 0.5) is 9.18 Å². The normalized spacial score (nSPS) is 11.1. The Morgan fingerprint density at radius 3 is 2.65 bits per heavy atom. The quantitative estimate of drug-likeness (QED) is 0.829. The molecule has 0 atom stereocenters. The molecule has 0 aliphatic rings. The van der Waals surface area contributed by atoms with Crippen LogP contribution in [0.1, 0.15) is 26.3 Å². The summed E-state index contributed by atoms with van der Waals surface area (Å²) in [6.45, 7) is 5.72. The summed E-state index contributed by atoms with van der Waals surface area (Å²) in [5.74, 6) is -0.258. The Bertz CT molecular complexity index is 415. The second-order valence-electron chi connectivity index (χ2n) is 4.60. The van der Waals surface area contributed by atoms with Crippen LogP contribution in [0.3, 0.4) is 0 Å². The van der Waals surface area contributed by atoms with E-state index in [-0.39, 0.29) is 5.82 Å². The van der Waals surface area contributed by atoms with Crippen LogP contribution >= 0.6 is 22.6 Å². The fourth-order valence-corrected chi connectivity index (χ4v) is 1.72. The molecule has 0 aromatic heterocycles. The van der Waals surface area contributed by atoms with Gasteiger partial charge in [-0.3, -0.25) is 0 Å². The van der Waals surface area contributed by atoms with Gasteiger partial charge in [0.15, 0.2) is 0 Å². The first-order chi connectivity index (χ1) is 7.78. The van der Waals surface area contributed by atoms with Crippen LogP contribution in [-0.2, 0) is 11.3 Å². The van der Waals surface area contributed by atoms with Crippen molar-refractivity contribution >= 4 is 28.7 Å². The summed E-state index contributed by atoms with van der Waals surface area (Å²) in [6, 6.07) is 4.70. The Morgan fingerprint density at radius 1 is 1.47 bits per heavy atom. The van der Waals surface area contributed by atoms with Crippen molar-refractivity contribution in [2.24, 2.45) is 0 Å². The average Bonchev–Trinajstić information content (AvgIpc) is 2.17. The Kier molecular flexibility index (Phi) is 4.73. The van der Waals surface area contributed by atoms with Gasteiger partial charge in [0.2, 0.25) is 0 Å². The lowest BCUT2D eigenvalue weighted by Crippen LogP contribution is -2.32. The minimum absolute atomic E-state index is 0.258. The summed E-state index contributed by atoms with van der Waals surface area (Å²) in [6.07, 6.45) is -0.475. The van der Waals surface area contributed by atoms with Crippen molar-refractivity contribution < 1.29 is 13.9 Å². The summed E-state index contributed by atoms with van der Waals surface area (Å²) in [5, 5.41) is 2.62. The lowest BCUT2D eigenvalue weighted by Gasteiger charge is -2.19. The van der Waals surface area contributed by atoms with Crippen molar-refractivity contribution in [2.75, 3.05) is 0 Å².